The molecule has 2 rings (SSSR count). The van der Waals surface area contributed by atoms with Gasteiger partial charge in [-0.25, -0.2) is 5.43 Å². The molecule has 0 atom stereocenters. The minimum absolute atomic E-state index is 0.0630. The molecule has 0 aromatic heterocycles. The highest BCUT2D eigenvalue weighted by Crippen LogP contribution is 2.11. The second-order valence-electron chi connectivity index (χ2n) is 5.71. The number of carbonyl (C=O) groups excluding carboxylic acids is 2. The van der Waals surface area contributed by atoms with Crippen LogP contribution < -0.4 is 10.7 Å². The molecule has 0 saturated heterocycles. The van der Waals surface area contributed by atoms with E-state index >= 15 is 0 Å². The van der Waals surface area contributed by atoms with Crippen molar-refractivity contribution in [3.05, 3.63) is 71.8 Å². The Kier molecular flexibility index (Phi) is 6.65. The third kappa shape index (κ3) is 6.06. The largest absolute Gasteiger partial charge is 0.326 e. The van der Waals surface area contributed by atoms with Gasteiger partial charge in [0.2, 0.25) is 5.91 Å². The first-order chi connectivity index (χ1) is 12.1. The van der Waals surface area contributed by atoms with Crippen LogP contribution in [0.25, 0.3) is 6.08 Å². The van der Waals surface area contributed by atoms with Crippen molar-refractivity contribution >= 4 is 29.8 Å². The molecule has 0 radical (unpaired) electrons. The van der Waals surface area contributed by atoms with Crippen LogP contribution in [0.1, 0.15) is 29.8 Å². The molecule has 2 aromatic rings. The van der Waals surface area contributed by atoms with Gasteiger partial charge in [-0.15, -0.1) is 0 Å². The second kappa shape index (κ2) is 9.17. The van der Waals surface area contributed by atoms with Crippen LogP contribution in [-0.4, -0.2) is 18.0 Å². The average molecular weight is 335 g/mol. The molecule has 0 aliphatic rings. The van der Waals surface area contributed by atoms with Gasteiger partial charge in [0.15, 0.2) is 0 Å². The zero-order valence-electron chi connectivity index (χ0n) is 14.3. The number of carbonyl (C=O) groups is 2. The Morgan fingerprint density at radius 1 is 1.00 bits per heavy atom. The van der Waals surface area contributed by atoms with Crippen molar-refractivity contribution in [3.8, 4) is 0 Å². The van der Waals surface area contributed by atoms with Crippen LogP contribution in [-0.2, 0) is 4.79 Å². The lowest BCUT2D eigenvalue weighted by Crippen LogP contribution is -2.19. The van der Waals surface area contributed by atoms with Crippen LogP contribution >= 0.6 is 0 Å². The summed E-state index contributed by atoms with van der Waals surface area (Å²) >= 11 is 0. The number of rotatable bonds is 6. The molecule has 2 amide bonds. The number of nitrogens with one attached hydrogen (secondary N) is 2. The summed E-state index contributed by atoms with van der Waals surface area (Å²) in [6.07, 6.45) is 5.16. The van der Waals surface area contributed by atoms with Gasteiger partial charge in [0.05, 0.1) is 0 Å². The molecular formula is C20H21N3O2. The summed E-state index contributed by atoms with van der Waals surface area (Å²) in [5.74, 6) is -0.473. The van der Waals surface area contributed by atoms with Gasteiger partial charge >= 0.3 is 0 Å². The van der Waals surface area contributed by atoms with E-state index in [-0.39, 0.29) is 17.7 Å². The Morgan fingerprint density at radius 3 is 2.32 bits per heavy atom. The van der Waals surface area contributed by atoms with E-state index in [0.29, 0.717) is 11.3 Å². The van der Waals surface area contributed by atoms with E-state index in [1.165, 1.54) is 6.21 Å². The van der Waals surface area contributed by atoms with E-state index in [0.717, 1.165) is 5.56 Å². The molecule has 0 spiro atoms. The van der Waals surface area contributed by atoms with Crippen molar-refractivity contribution in [1.82, 2.24) is 5.43 Å². The lowest BCUT2D eigenvalue weighted by molar-refractivity contribution is -0.118. The Hall–Kier alpha value is -3.21. The van der Waals surface area contributed by atoms with Crippen molar-refractivity contribution < 1.29 is 9.59 Å². The normalized spacial score (nSPS) is 11.2. The van der Waals surface area contributed by atoms with Crippen molar-refractivity contribution in [2.24, 2.45) is 11.0 Å². The van der Waals surface area contributed by atoms with Crippen LogP contribution in [0.4, 0.5) is 5.69 Å². The quantitative estimate of drug-likeness (QED) is 0.624. The van der Waals surface area contributed by atoms with Crippen LogP contribution in [0.15, 0.2) is 65.8 Å². The number of hydrazone groups is 1. The highest BCUT2D eigenvalue weighted by atomic mass is 16.2. The number of hydrogen-bond donors (Lipinski definition) is 2. The van der Waals surface area contributed by atoms with E-state index in [2.05, 4.69) is 15.8 Å². The van der Waals surface area contributed by atoms with Crippen LogP contribution in [0.5, 0.6) is 0 Å². The average Bonchev–Trinajstić information content (AvgIpc) is 2.62. The second-order valence-corrected chi connectivity index (χ2v) is 5.71. The molecule has 25 heavy (non-hydrogen) atoms. The Labute approximate surface area is 147 Å². The predicted molar refractivity (Wildman–Crippen MR) is 101 cm³/mol. The van der Waals surface area contributed by atoms with Gasteiger partial charge < -0.3 is 5.32 Å². The molecular weight excluding hydrogens is 314 g/mol. The Bertz CT molecular complexity index is 763. The van der Waals surface area contributed by atoms with Gasteiger partial charge in [0.25, 0.3) is 5.91 Å². The van der Waals surface area contributed by atoms with Crippen molar-refractivity contribution in [1.29, 1.82) is 0 Å². The van der Waals surface area contributed by atoms with Crippen LogP contribution in [0.3, 0.4) is 0 Å². The highest BCUT2D eigenvalue weighted by Gasteiger charge is 2.08. The molecule has 128 valence electrons. The van der Waals surface area contributed by atoms with Crippen LogP contribution in [0, 0.1) is 5.92 Å². The van der Waals surface area contributed by atoms with Gasteiger partial charge in [-0.1, -0.05) is 50.3 Å². The van der Waals surface area contributed by atoms with E-state index in [1.807, 2.05) is 50.3 Å². The number of allylic oxidation sites excluding steroid dienone is 1. The van der Waals surface area contributed by atoms with E-state index in [4.69, 9.17) is 0 Å². The molecule has 2 aromatic carbocycles. The monoisotopic (exact) mass is 335 g/mol. The minimum Gasteiger partial charge on any atom is -0.326 e. The maximum Gasteiger partial charge on any atom is 0.271 e. The number of benzene rings is 2. The molecule has 0 fully saturated rings. The summed E-state index contributed by atoms with van der Waals surface area (Å²) in [5.41, 5.74) is 4.63. The fourth-order valence-corrected chi connectivity index (χ4v) is 1.91. The van der Waals surface area contributed by atoms with Crippen LogP contribution in [0.2, 0.25) is 0 Å². The zero-order chi connectivity index (χ0) is 18.1. The number of amides is 2. The molecule has 0 aliphatic heterocycles. The molecule has 0 heterocycles. The maximum atomic E-state index is 12.0. The first-order valence-electron chi connectivity index (χ1n) is 8.02. The number of hydrogen-bond acceptors (Lipinski definition) is 3. The first-order valence-corrected chi connectivity index (χ1v) is 8.02. The first kappa shape index (κ1) is 18.1. The summed E-state index contributed by atoms with van der Waals surface area (Å²) in [6, 6.07) is 16.5. The van der Waals surface area contributed by atoms with Gasteiger partial charge in [0, 0.05) is 23.4 Å². The molecule has 2 N–H and O–H groups in total. The Morgan fingerprint density at radius 2 is 1.68 bits per heavy atom. The fraction of sp³-hybridized carbons (Fsp3) is 0.150. The van der Waals surface area contributed by atoms with E-state index < -0.39 is 0 Å². The van der Waals surface area contributed by atoms with Crippen molar-refractivity contribution in [2.45, 2.75) is 13.8 Å². The van der Waals surface area contributed by atoms with Crippen molar-refractivity contribution in [2.75, 3.05) is 5.32 Å². The third-order valence-electron chi connectivity index (χ3n) is 3.35. The molecule has 5 heteroatoms. The standard InChI is InChI=1S/C20H21N3O2/c1-15(2)19(24)22-18-12-10-17(11-13-18)20(25)23-21-14-6-9-16-7-4-3-5-8-16/h3-15H,1-2H3,(H,22,24)(H,23,25)/b9-6+,21-14-. The molecule has 0 aliphatic carbocycles. The predicted octanol–water partition coefficient (Wildman–Crippen LogP) is 3.71. The van der Waals surface area contributed by atoms with Gasteiger partial charge in [-0.05, 0) is 35.9 Å². The summed E-state index contributed by atoms with van der Waals surface area (Å²) in [7, 11) is 0. The maximum absolute atomic E-state index is 12.0. The van der Waals surface area contributed by atoms with E-state index in [1.54, 1.807) is 30.3 Å². The molecule has 0 unspecified atom stereocenters. The third-order valence-corrected chi connectivity index (χ3v) is 3.35. The minimum atomic E-state index is -0.314. The SMILES string of the molecule is CC(C)C(=O)Nc1ccc(C(=O)N/N=C\C=C\c2ccccc2)cc1. The zero-order valence-corrected chi connectivity index (χ0v) is 14.3. The lowest BCUT2D eigenvalue weighted by atomic mass is 10.1. The smallest absolute Gasteiger partial charge is 0.271 e. The van der Waals surface area contributed by atoms with Gasteiger partial charge in [-0.3, -0.25) is 9.59 Å². The summed E-state index contributed by atoms with van der Waals surface area (Å²) in [4.78, 5) is 23.6. The summed E-state index contributed by atoms with van der Waals surface area (Å²) < 4.78 is 0. The molecule has 0 bridgehead atoms. The highest BCUT2D eigenvalue weighted by molar-refractivity contribution is 5.96. The topological polar surface area (TPSA) is 70.6 Å². The van der Waals surface area contributed by atoms with Gasteiger partial charge in [0.1, 0.15) is 0 Å². The Balaban J connectivity index is 1.85. The summed E-state index contributed by atoms with van der Waals surface area (Å²) in [6.45, 7) is 3.64. The lowest BCUT2D eigenvalue weighted by Gasteiger charge is -2.08. The number of anilines is 1. The fourth-order valence-electron chi connectivity index (χ4n) is 1.91. The summed E-state index contributed by atoms with van der Waals surface area (Å²) in [5, 5.41) is 6.65. The van der Waals surface area contributed by atoms with Gasteiger partial charge in [-0.2, -0.15) is 5.10 Å². The molecule has 5 nitrogen and oxygen atoms in total. The van der Waals surface area contributed by atoms with Crippen molar-refractivity contribution in [3.63, 3.8) is 0 Å². The molecule has 0 saturated carbocycles. The number of nitrogens with zero attached hydrogens (tertiary/aromatic N) is 1. The van der Waals surface area contributed by atoms with E-state index in [9.17, 15) is 9.59 Å².